The van der Waals surface area contributed by atoms with Gasteiger partial charge in [0.15, 0.2) is 0 Å². The van der Waals surface area contributed by atoms with Crippen LogP contribution in [-0.4, -0.2) is 49.3 Å². The topological polar surface area (TPSA) is 35.5 Å². The molecule has 0 heterocycles. The Labute approximate surface area is 94.9 Å². The first-order valence-corrected chi connectivity index (χ1v) is 6.18. The normalized spacial score (nSPS) is 15.6. The Morgan fingerprint density at radius 3 is 2.33 bits per heavy atom. The number of aliphatic hydroxyl groups excluding tert-OH is 1. The number of aliphatic hydroxyl groups is 1. The maximum absolute atomic E-state index is 8.92. The molecule has 0 saturated heterocycles. The van der Waals surface area contributed by atoms with Crippen LogP contribution in [0.3, 0.4) is 0 Å². The van der Waals surface area contributed by atoms with Crippen molar-refractivity contribution in [3.05, 3.63) is 0 Å². The van der Waals surface area contributed by atoms with E-state index in [0.29, 0.717) is 6.04 Å². The Hall–Kier alpha value is -0.120. The summed E-state index contributed by atoms with van der Waals surface area (Å²) in [7, 11) is 1.97. The van der Waals surface area contributed by atoms with E-state index in [1.807, 2.05) is 7.05 Å². The van der Waals surface area contributed by atoms with E-state index in [9.17, 15) is 0 Å². The Morgan fingerprint density at radius 2 is 1.93 bits per heavy atom. The van der Waals surface area contributed by atoms with Gasteiger partial charge >= 0.3 is 0 Å². The third kappa shape index (κ3) is 6.88. The van der Waals surface area contributed by atoms with E-state index in [0.717, 1.165) is 32.0 Å². The molecule has 3 nitrogen and oxygen atoms in total. The van der Waals surface area contributed by atoms with Crippen LogP contribution >= 0.6 is 0 Å². The van der Waals surface area contributed by atoms with Gasteiger partial charge in [0, 0.05) is 25.7 Å². The minimum absolute atomic E-state index is 0.270. The molecular formula is C12H28N2O. The van der Waals surface area contributed by atoms with Crippen LogP contribution in [0.5, 0.6) is 0 Å². The summed E-state index contributed by atoms with van der Waals surface area (Å²) in [5, 5.41) is 12.2. The van der Waals surface area contributed by atoms with Crippen molar-refractivity contribution in [2.45, 2.75) is 39.7 Å². The highest BCUT2D eigenvalue weighted by atomic mass is 16.3. The Kier molecular flexibility index (Phi) is 9.06. The second kappa shape index (κ2) is 9.13. The summed E-state index contributed by atoms with van der Waals surface area (Å²) in [5.74, 6) is 0.761. The van der Waals surface area contributed by atoms with Crippen molar-refractivity contribution < 1.29 is 5.11 Å². The minimum atomic E-state index is 0.270. The third-order valence-corrected chi connectivity index (χ3v) is 3.08. The first-order valence-electron chi connectivity index (χ1n) is 6.18. The summed E-state index contributed by atoms with van der Waals surface area (Å²) < 4.78 is 0. The lowest BCUT2D eigenvalue weighted by molar-refractivity contribution is 0.199. The van der Waals surface area contributed by atoms with Crippen molar-refractivity contribution in [1.29, 1.82) is 0 Å². The molecule has 2 unspecified atom stereocenters. The van der Waals surface area contributed by atoms with Gasteiger partial charge in [-0.15, -0.1) is 0 Å². The zero-order chi connectivity index (χ0) is 11.7. The van der Waals surface area contributed by atoms with E-state index >= 15 is 0 Å². The average molecular weight is 216 g/mol. The Bertz CT molecular complexity index is 142. The lowest BCUT2D eigenvalue weighted by Crippen LogP contribution is -2.41. The maximum atomic E-state index is 8.92. The highest BCUT2D eigenvalue weighted by Crippen LogP contribution is 2.05. The molecule has 0 spiro atoms. The zero-order valence-electron chi connectivity index (χ0n) is 10.8. The van der Waals surface area contributed by atoms with E-state index in [4.69, 9.17) is 5.11 Å². The summed E-state index contributed by atoms with van der Waals surface area (Å²) in [6.45, 7) is 10.3. The molecule has 0 aliphatic carbocycles. The van der Waals surface area contributed by atoms with Gasteiger partial charge in [0.25, 0.3) is 0 Å². The van der Waals surface area contributed by atoms with Gasteiger partial charge in [-0.2, -0.15) is 0 Å². The summed E-state index contributed by atoms with van der Waals surface area (Å²) in [5.41, 5.74) is 0. The standard InChI is InChI=1S/C12H28N2O/c1-5-11(3)9-14(6-2)10-12(13-4)7-8-15/h11-13,15H,5-10H2,1-4H3. The van der Waals surface area contributed by atoms with Crippen molar-refractivity contribution in [3.63, 3.8) is 0 Å². The van der Waals surface area contributed by atoms with Gasteiger partial charge in [0.05, 0.1) is 0 Å². The van der Waals surface area contributed by atoms with Gasteiger partial charge in [-0.3, -0.25) is 0 Å². The van der Waals surface area contributed by atoms with Crippen LogP contribution in [0, 0.1) is 5.92 Å². The third-order valence-electron chi connectivity index (χ3n) is 3.08. The molecule has 3 heteroatoms. The molecule has 2 N–H and O–H groups in total. The van der Waals surface area contributed by atoms with Crippen LogP contribution in [0.15, 0.2) is 0 Å². The van der Waals surface area contributed by atoms with E-state index in [1.54, 1.807) is 0 Å². The van der Waals surface area contributed by atoms with Gasteiger partial charge in [0.2, 0.25) is 0 Å². The fraction of sp³-hybridized carbons (Fsp3) is 1.00. The Balaban J connectivity index is 3.94. The van der Waals surface area contributed by atoms with Gasteiger partial charge in [-0.25, -0.2) is 0 Å². The number of nitrogens with zero attached hydrogens (tertiary/aromatic N) is 1. The summed E-state index contributed by atoms with van der Waals surface area (Å²) in [6.07, 6.45) is 2.08. The molecule has 0 aromatic rings. The predicted molar refractivity (Wildman–Crippen MR) is 66.1 cm³/mol. The van der Waals surface area contributed by atoms with E-state index in [-0.39, 0.29) is 6.61 Å². The number of hydrogen-bond donors (Lipinski definition) is 2. The zero-order valence-corrected chi connectivity index (χ0v) is 10.8. The van der Waals surface area contributed by atoms with Crippen LogP contribution < -0.4 is 5.32 Å². The molecule has 0 rings (SSSR count). The monoisotopic (exact) mass is 216 g/mol. The van der Waals surface area contributed by atoms with Crippen molar-refractivity contribution in [3.8, 4) is 0 Å². The highest BCUT2D eigenvalue weighted by Gasteiger charge is 2.12. The molecular weight excluding hydrogens is 188 g/mol. The minimum Gasteiger partial charge on any atom is -0.396 e. The molecule has 0 amide bonds. The smallest absolute Gasteiger partial charge is 0.0446 e. The van der Waals surface area contributed by atoms with E-state index in [2.05, 4.69) is 31.0 Å². The van der Waals surface area contributed by atoms with E-state index < -0.39 is 0 Å². The SMILES string of the molecule is CCC(C)CN(CC)CC(CCO)NC. The lowest BCUT2D eigenvalue weighted by Gasteiger charge is -2.28. The van der Waals surface area contributed by atoms with Crippen LogP contribution in [-0.2, 0) is 0 Å². The van der Waals surface area contributed by atoms with Crippen LogP contribution in [0.2, 0.25) is 0 Å². The van der Waals surface area contributed by atoms with E-state index in [1.165, 1.54) is 6.42 Å². The average Bonchev–Trinajstić information content (AvgIpc) is 2.26. The van der Waals surface area contributed by atoms with Crippen molar-refractivity contribution in [2.24, 2.45) is 5.92 Å². The molecule has 0 radical (unpaired) electrons. The molecule has 2 atom stereocenters. The number of likely N-dealkylation sites (N-methyl/N-ethyl adjacent to an activating group) is 2. The maximum Gasteiger partial charge on any atom is 0.0446 e. The summed E-state index contributed by atoms with van der Waals surface area (Å²) in [6, 6.07) is 0.416. The molecule has 0 fully saturated rings. The Morgan fingerprint density at radius 1 is 1.27 bits per heavy atom. The van der Waals surface area contributed by atoms with Gasteiger partial charge in [-0.05, 0) is 25.9 Å². The molecule has 0 saturated carbocycles. The molecule has 15 heavy (non-hydrogen) atoms. The highest BCUT2D eigenvalue weighted by molar-refractivity contribution is 4.71. The number of nitrogens with one attached hydrogen (secondary N) is 1. The second-order valence-corrected chi connectivity index (χ2v) is 4.36. The molecule has 0 aromatic heterocycles. The fourth-order valence-electron chi connectivity index (χ4n) is 1.70. The number of rotatable bonds is 9. The molecule has 0 aliphatic heterocycles. The van der Waals surface area contributed by atoms with Crippen molar-refractivity contribution in [1.82, 2.24) is 10.2 Å². The van der Waals surface area contributed by atoms with Crippen LogP contribution in [0.25, 0.3) is 0 Å². The fourth-order valence-corrected chi connectivity index (χ4v) is 1.70. The van der Waals surface area contributed by atoms with Crippen LogP contribution in [0.1, 0.15) is 33.6 Å². The summed E-state index contributed by atoms with van der Waals surface area (Å²) >= 11 is 0. The molecule has 0 aromatic carbocycles. The van der Waals surface area contributed by atoms with Crippen molar-refractivity contribution in [2.75, 3.05) is 33.3 Å². The van der Waals surface area contributed by atoms with Crippen molar-refractivity contribution >= 4 is 0 Å². The van der Waals surface area contributed by atoms with Gasteiger partial charge in [0.1, 0.15) is 0 Å². The predicted octanol–water partition coefficient (Wildman–Crippen LogP) is 1.32. The lowest BCUT2D eigenvalue weighted by atomic mass is 10.1. The molecule has 92 valence electrons. The first kappa shape index (κ1) is 14.9. The molecule has 0 bridgehead atoms. The first-order chi connectivity index (χ1) is 7.17. The quantitative estimate of drug-likeness (QED) is 0.610. The van der Waals surface area contributed by atoms with Gasteiger partial charge in [-0.1, -0.05) is 27.2 Å². The number of hydrogen-bond acceptors (Lipinski definition) is 3. The summed E-state index contributed by atoms with van der Waals surface area (Å²) in [4.78, 5) is 2.46. The second-order valence-electron chi connectivity index (χ2n) is 4.36. The largest absolute Gasteiger partial charge is 0.396 e. The molecule has 0 aliphatic rings. The van der Waals surface area contributed by atoms with Gasteiger partial charge < -0.3 is 15.3 Å². The van der Waals surface area contributed by atoms with Crippen LogP contribution in [0.4, 0.5) is 0 Å².